The predicted octanol–water partition coefficient (Wildman–Crippen LogP) is 8.07. The zero-order valence-electron chi connectivity index (χ0n) is 27.9. The lowest BCUT2D eigenvalue weighted by Gasteiger charge is -2.37. The van der Waals surface area contributed by atoms with Crippen LogP contribution in [-0.2, 0) is 0 Å². The summed E-state index contributed by atoms with van der Waals surface area (Å²) in [6.07, 6.45) is 3.54. The number of aromatic nitrogens is 4. The molecule has 4 heterocycles. The summed E-state index contributed by atoms with van der Waals surface area (Å²) in [5.41, 5.74) is 5.83. The minimum atomic E-state index is -0.339. The van der Waals surface area contributed by atoms with Crippen LogP contribution in [-0.4, -0.2) is 81.5 Å². The fourth-order valence-electron chi connectivity index (χ4n) is 6.52. The second-order valence-electron chi connectivity index (χ2n) is 12.5. The van der Waals surface area contributed by atoms with Crippen LogP contribution in [0.2, 0.25) is 10.0 Å². The lowest BCUT2D eigenvalue weighted by molar-refractivity contribution is 0.102. The SMILES string of the molecule is C[C@@H](c1ccc(Cl)cc1)n1cnc(-c2ccccc2)c1-c1c(C(=O)Nc2cccnc2N2CCN(C(=O)N(C)C)CC2)[nH]c2cc(Cl)ccc12. The number of amides is 3. The number of piperazine rings is 1. The van der Waals surface area contributed by atoms with Gasteiger partial charge >= 0.3 is 6.03 Å². The Bertz CT molecular complexity index is 2170. The Kier molecular flexibility index (Phi) is 9.22. The molecule has 0 saturated carbocycles. The number of anilines is 2. The molecule has 0 bridgehead atoms. The van der Waals surface area contributed by atoms with E-state index < -0.39 is 0 Å². The quantitative estimate of drug-likeness (QED) is 0.175. The van der Waals surface area contributed by atoms with Gasteiger partial charge in [-0.3, -0.25) is 4.79 Å². The summed E-state index contributed by atoms with van der Waals surface area (Å²) in [5.74, 6) is 0.304. The lowest BCUT2D eigenvalue weighted by atomic mass is 9.99. The molecule has 2 N–H and O–H groups in total. The van der Waals surface area contributed by atoms with Crippen molar-refractivity contribution in [2.24, 2.45) is 0 Å². The van der Waals surface area contributed by atoms with Crippen LogP contribution in [0.1, 0.15) is 29.0 Å². The number of imidazole rings is 1. The summed E-state index contributed by atoms with van der Waals surface area (Å²) in [6.45, 7) is 4.36. The van der Waals surface area contributed by atoms with Crippen molar-refractivity contribution in [1.29, 1.82) is 0 Å². The van der Waals surface area contributed by atoms with E-state index in [0.717, 1.165) is 33.4 Å². The minimum absolute atomic E-state index is 0.0230. The van der Waals surface area contributed by atoms with Crippen LogP contribution in [0.5, 0.6) is 0 Å². The highest BCUT2D eigenvalue weighted by molar-refractivity contribution is 6.31. The maximum Gasteiger partial charge on any atom is 0.319 e. The first-order chi connectivity index (χ1) is 24.2. The van der Waals surface area contributed by atoms with E-state index in [1.54, 1.807) is 31.3 Å². The molecule has 0 aliphatic carbocycles. The van der Waals surface area contributed by atoms with Gasteiger partial charge in [0.15, 0.2) is 5.82 Å². The highest BCUT2D eigenvalue weighted by Crippen LogP contribution is 2.41. The lowest BCUT2D eigenvalue weighted by Crippen LogP contribution is -2.51. The van der Waals surface area contributed by atoms with Gasteiger partial charge in [-0.2, -0.15) is 0 Å². The molecule has 3 aromatic carbocycles. The minimum Gasteiger partial charge on any atom is -0.351 e. The van der Waals surface area contributed by atoms with Crippen molar-refractivity contribution < 1.29 is 9.59 Å². The number of aromatic amines is 1. The molecule has 7 rings (SSSR count). The molecule has 10 nitrogen and oxygen atoms in total. The number of nitrogens with one attached hydrogen (secondary N) is 2. The van der Waals surface area contributed by atoms with Crippen molar-refractivity contribution in [1.82, 2.24) is 29.3 Å². The third-order valence-corrected chi connectivity index (χ3v) is 9.59. The third kappa shape index (κ3) is 6.39. The van der Waals surface area contributed by atoms with Gasteiger partial charge in [0.25, 0.3) is 5.91 Å². The van der Waals surface area contributed by atoms with Crippen LogP contribution in [0.25, 0.3) is 33.4 Å². The van der Waals surface area contributed by atoms with E-state index in [4.69, 9.17) is 28.2 Å². The summed E-state index contributed by atoms with van der Waals surface area (Å²) in [7, 11) is 3.50. The summed E-state index contributed by atoms with van der Waals surface area (Å²) >= 11 is 12.7. The zero-order chi connectivity index (χ0) is 34.9. The normalized spacial score (nSPS) is 13.8. The second-order valence-corrected chi connectivity index (χ2v) is 13.4. The molecule has 1 fully saturated rings. The molecule has 0 spiro atoms. The molecule has 0 unspecified atom stereocenters. The molecule has 1 atom stereocenters. The van der Waals surface area contributed by atoms with Gasteiger partial charge < -0.3 is 29.6 Å². The Labute approximate surface area is 300 Å². The average molecular weight is 708 g/mol. The van der Waals surface area contributed by atoms with Gasteiger partial charge in [-0.25, -0.2) is 14.8 Å². The number of urea groups is 1. The molecule has 3 amide bonds. The van der Waals surface area contributed by atoms with Gasteiger partial charge in [-0.15, -0.1) is 0 Å². The first kappa shape index (κ1) is 33.2. The molecular formula is C38H36Cl2N8O2. The van der Waals surface area contributed by atoms with Crippen molar-refractivity contribution >= 4 is 57.5 Å². The molecule has 6 aromatic rings. The molecule has 0 radical (unpaired) electrons. The largest absolute Gasteiger partial charge is 0.351 e. The monoisotopic (exact) mass is 706 g/mol. The number of hydrogen-bond acceptors (Lipinski definition) is 5. The number of carbonyl (C=O) groups is 2. The number of rotatable bonds is 7. The van der Waals surface area contributed by atoms with E-state index in [-0.39, 0.29) is 18.0 Å². The van der Waals surface area contributed by atoms with Crippen LogP contribution in [0.4, 0.5) is 16.3 Å². The second kappa shape index (κ2) is 13.9. The number of H-pyrrole nitrogens is 1. The molecular weight excluding hydrogens is 671 g/mol. The summed E-state index contributed by atoms with van der Waals surface area (Å²) < 4.78 is 2.10. The van der Waals surface area contributed by atoms with Gasteiger partial charge in [0, 0.05) is 78.5 Å². The number of benzene rings is 3. The number of fused-ring (bicyclic) bond motifs is 1. The third-order valence-electron chi connectivity index (χ3n) is 9.10. The van der Waals surface area contributed by atoms with Crippen molar-refractivity contribution in [3.63, 3.8) is 0 Å². The first-order valence-electron chi connectivity index (χ1n) is 16.4. The Morgan fingerprint density at radius 3 is 2.32 bits per heavy atom. The van der Waals surface area contributed by atoms with E-state index in [1.165, 1.54) is 0 Å². The maximum atomic E-state index is 14.5. The van der Waals surface area contributed by atoms with Crippen LogP contribution in [0.15, 0.2) is 97.5 Å². The predicted molar refractivity (Wildman–Crippen MR) is 200 cm³/mol. The fraction of sp³-hybridized carbons (Fsp3) is 0.211. The van der Waals surface area contributed by atoms with Gasteiger partial charge in [-0.05, 0) is 48.9 Å². The smallest absolute Gasteiger partial charge is 0.319 e. The van der Waals surface area contributed by atoms with Crippen molar-refractivity contribution in [2.75, 3.05) is 50.5 Å². The van der Waals surface area contributed by atoms with Gasteiger partial charge in [0.2, 0.25) is 0 Å². The van der Waals surface area contributed by atoms with E-state index in [0.29, 0.717) is 59.0 Å². The molecule has 50 heavy (non-hydrogen) atoms. The molecule has 12 heteroatoms. The fourth-order valence-corrected chi connectivity index (χ4v) is 6.82. The highest BCUT2D eigenvalue weighted by atomic mass is 35.5. The number of nitrogens with zero attached hydrogens (tertiary/aromatic N) is 6. The molecule has 1 saturated heterocycles. The Balaban J connectivity index is 1.32. The average Bonchev–Trinajstić information content (AvgIpc) is 3.73. The maximum absolute atomic E-state index is 14.5. The van der Waals surface area contributed by atoms with Crippen molar-refractivity contribution in [3.8, 4) is 22.5 Å². The molecule has 1 aliphatic rings. The van der Waals surface area contributed by atoms with Crippen LogP contribution in [0, 0.1) is 0 Å². The number of hydrogen-bond donors (Lipinski definition) is 2. The van der Waals surface area contributed by atoms with Crippen molar-refractivity contribution in [3.05, 3.63) is 119 Å². The summed E-state index contributed by atoms with van der Waals surface area (Å²) in [5, 5.41) is 5.19. The van der Waals surface area contributed by atoms with Gasteiger partial charge in [0.05, 0.1) is 29.4 Å². The molecule has 254 valence electrons. The Hall–Kier alpha value is -5.32. The van der Waals surface area contributed by atoms with Crippen LogP contribution in [0.3, 0.4) is 0 Å². The highest BCUT2D eigenvalue weighted by Gasteiger charge is 2.29. The van der Waals surface area contributed by atoms with Crippen LogP contribution < -0.4 is 10.2 Å². The zero-order valence-corrected chi connectivity index (χ0v) is 29.4. The van der Waals surface area contributed by atoms with Crippen LogP contribution >= 0.6 is 23.2 Å². The van der Waals surface area contributed by atoms with E-state index in [1.807, 2.05) is 90.1 Å². The summed E-state index contributed by atoms with van der Waals surface area (Å²) in [4.78, 5) is 45.6. The number of halogens is 2. The number of carbonyl (C=O) groups excluding carboxylic acids is 2. The van der Waals surface area contributed by atoms with Crippen molar-refractivity contribution in [2.45, 2.75) is 13.0 Å². The number of pyridine rings is 1. The Morgan fingerprint density at radius 1 is 0.880 bits per heavy atom. The molecule has 1 aliphatic heterocycles. The standard InChI is InChI=1S/C38H36Cl2N8O2/c1-24(25-11-13-27(39)14-12-25)48-23-42-33(26-8-5-4-6-9-26)35(48)32-29-16-15-28(40)22-31(29)43-34(32)37(49)44-30-10-7-17-41-36(30)46-18-20-47(21-19-46)38(50)45(2)3/h4-17,22-24,43H,18-21H2,1-3H3,(H,44,49)/t24-/m0/s1. The van der Waals surface area contributed by atoms with E-state index in [2.05, 4.69) is 31.7 Å². The topological polar surface area (TPSA) is 102 Å². The van der Waals surface area contributed by atoms with E-state index >= 15 is 0 Å². The first-order valence-corrected chi connectivity index (χ1v) is 17.1. The van der Waals surface area contributed by atoms with E-state index in [9.17, 15) is 9.59 Å². The summed E-state index contributed by atoms with van der Waals surface area (Å²) in [6, 6.07) is 26.8. The molecule has 3 aromatic heterocycles. The Morgan fingerprint density at radius 2 is 1.60 bits per heavy atom. The van der Waals surface area contributed by atoms with Gasteiger partial charge in [0.1, 0.15) is 5.69 Å². The van der Waals surface area contributed by atoms with Gasteiger partial charge in [-0.1, -0.05) is 71.7 Å².